The third-order valence-corrected chi connectivity index (χ3v) is 5.13. The van der Waals surface area contributed by atoms with Crippen LogP contribution in [0.5, 0.6) is 11.5 Å². The van der Waals surface area contributed by atoms with Crippen molar-refractivity contribution in [2.45, 2.75) is 13.5 Å². The van der Waals surface area contributed by atoms with Gasteiger partial charge in [0.15, 0.2) is 11.5 Å². The molecule has 0 spiro atoms. The standard InChI is InChI=1S/C25H19Cl2NO4/c1-2-31-24-12-16(11-20(14-28)17-4-6-18(7-5-17)25(29)30)3-10-23(24)32-15-19-8-9-21(26)13-22(19)27/h3-13H,2,15H2,1H3,(H,29,30). The molecule has 0 heterocycles. The van der Waals surface area contributed by atoms with Crippen LogP contribution in [0.25, 0.3) is 11.6 Å². The van der Waals surface area contributed by atoms with Crippen molar-refractivity contribution in [3.05, 3.63) is 93.0 Å². The van der Waals surface area contributed by atoms with E-state index in [4.69, 9.17) is 37.8 Å². The van der Waals surface area contributed by atoms with Crippen LogP contribution in [0.4, 0.5) is 0 Å². The fraction of sp³-hybridized carbons (Fsp3) is 0.120. The normalized spacial score (nSPS) is 11.0. The minimum atomic E-state index is -1.02. The minimum absolute atomic E-state index is 0.159. The second kappa shape index (κ2) is 10.7. The number of benzene rings is 3. The molecule has 0 saturated heterocycles. The molecule has 3 rings (SSSR count). The van der Waals surface area contributed by atoms with Crippen molar-refractivity contribution in [1.82, 2.24) is 0 Å². The zero-order chi connectivity index (χ0) is 23.1. The Kier molecular flexibility index (Phi) is 7.77. The molecule has 1 N–H and O–H groups in total. The Morgan fingerprint density at radius 3 is 2.34 bits per heavy atom. The number of hydrogen-bond donors (Lipinski definition) is 1. The molecule has 0 unspecified atom stereocenters. The van der Waals surface area contributed by atoms with Crippen molar-refractivity contribution in [2.24, 2.45) is 0 Å². The van der Waals surface area contributed by atoms with Crippen molar-refractivity contribution >= 4 is 40.8 Å². The summed E-state index contributed by atoms with van der Waals surface area (Å²) in [5.74, 6) is 0.0556. The van der Waals surface area contributed by atoms with Crippen LogP contribution in [0.2, 0.25) is 10.0 Å². The monoisotopic (exact) mass is 467 g/mol. The topological polar surface area (TPSA) is 79.5 Å². The van der Waals surface area contributed by atoms with E-state index < -0.39 is 5.97 Å². The molecule has 7 heteroatoms. The van der Waals surface area contributed by atoms with Gasteiger partial charge in [0.1, 0.15) is 6.61 Å². The van der Waals surface area contributed by atoms with E-state index in [2.05, 4.69) is 6.07 Å². The van der Waals surface area contributed by atoms with Crippen LogP contribution in [0.1, 0.15) is 34.0 Å². The number of allylic oxidation sites excluding steroid dienone is 1. The molecule has 32 heavy (non-hydrogen) atoms. The smallest absolute Gasteiger partial charge is 0.335 e. The Morgan fingerprint density at radius 2 is 1.72 bits per heavy atom. The number of carboxylic acids is 1. The quantitative estimate of drug-likeness (QED) is 0.293. The number of carboxylic acid groups (broad SMARTS) is 1. The van der Waals surface area contributed by atoms with Crippen LogP contribution in [0.15, 0.2) is 60.7 Å². The maximum Gasteiger partial charge on any atom is 0.335 e. The largest absolute Gasteiger partial charge is 0.490 e. The van der Waals surface area contributed by atoms with Gasteiger partial charge in [0, 0.05) is 15.6 Å². The fourth-order valence-electron chi connectivity index (χ4n) is 2.94. The summed E-state index contributed by atoms with van der Waals surface area (Å²) in [5.41, 5.74) is 2.70. The highest BCUT2D eigenvalue weighted by atomic mass is 35.5. The lowest BCUT2D eigenvalue weighted by atomic mass is 10.0. The lowest BCUT2D eigenvalue weighted by molar-refractivity contribution is 0.0697. The highest BCUT2D eigenvalue weighted by Crippen LogP contribution is 2.32. The number of aromatic carboxylic acids is 1. The predicted octanol–water partition coefficient (Wildman–Crippen LogP) is 6.73. The maximum absolute atomic E-state index is 11.0. The van der Waals surface area contributed by atoms with Crippen molar-refractivity contribution in [3.63, 3.8) is 0 Å². The fourth-order valence-corrected chi connectivity index (χ4v) is 3.40. The van der Waals surface area contributed by atoms with Gasteiger partial charge in [-0.15, -0.1) is 0 Å². The van der Waals surface area contributed by atoms with Gasteiger partial charge in [-0.05, 0) is 60.5 Å². The van der Waals surface area contributed by atoms with Crippen molar-refractivity contribution < 1.29 is 19.4 Å². The highest BCUT2D eigenvalue weighted by molar-refractivity contribution is 6.35. The van der Waals surface area contributed by atoms with E-state index >= 15 is 0 Å². The first-order valence-corrected chi connectivity index (χ1v) is 10.5. The Morgan fingerprint density at radius 1 is 1.00 bits per heavy atom. The van der Waals surface area contributed by atoms with Gasteiger partial charge in [-0.1, -0.05) is 47.5 Å². The summed E-state index contributed by atoms with van der Waals surface area (Å²) < 4.78 is 11.6. The second-order valence-electron chi connectivity index (χ2n) is 6.72. The molecular weight excluding hydrogens is 449 g/mol. The predicted molar refractivity (Wildman–Crippen MR) is 125 cm³/mol. The van der Waals surface area contributed by atoms with Crippen molar-refractivity contribution in [1.29, 1.82) is 5.26 Å². The average molecular weight is 468 g/mol. The first kappa shape index (κ1) is 23.2. The van der Waals surface area contributed by atoms with Gasteiger partial charge in [-0.3, -0.25) is 0 Å². The van der Waals surface area contributed by atoms with E-state index in [1.165, 1.54) is 12.1 Å². The summed E-state index contributed by atoms with van der Waals surface area (Å²) in [5, 5.41) is 19.7. The van der Waals surface area contributed by atoms with E-state index in [1.54, 1.807) is 48.5 Å². The van der Waals surface area contributed by atoms with E-state index in [0.29, 0.717) is 39.3 Å². The van der Waals surface area contributed by atoms with Crippen LogP contribution < -0.4 is 9.47 Å². The van der Waals surface area contributed by atoms with Crippen LogP contribution in [-0.4, -0.2) is 17.7 Å². The number of hydrogen-bond acceptors (Lipinski definition) is 4. The molecule has 0 aliphatic carbocycles. The van der Waals surface area contributed by atoms with Gasteiger partial charge in [0.25, 0.3) is 0 Å². The number of nitrogens with zero attached hydrogens (tertiary/aromatic N) is 1. The summed E-state index contributed by atoms with van der Waals surface area (Å²) in [4.78, 5) is 11.0. The highest BCUT2D eigenvalue weighted by Gasteiger charge is 2.10. The maximum atomic E-state index is 11.0. The summed E-state index contributed by atoms with van der Waals surface area (Å²) in [6.45, 7) is 2.55. The molecule has 0 bridgehead atoms. The summed E-state index contributed by atoms with van der Waals surface area (Å²) in [6, 6.07) is 18.9. The SMILES string of the molecule is CCOc1cc(C=C(C#N)c2ccc(C(=O)O)cc2)ccc1OCc1ccc(Cl)cc1Cl. The Balaban J connectivity index is 1.85. The van der Waals surface area contributed by atoms with Gasteiger partial charge >= 0.3 is 5.97 Å². The first-order chi connectivity index (χ1) is 15.4. The molecule has 0 aliphatic heterocycles. The van der Waals surface area contributed by atoms with Gasteiger partial charge in [0.05, 0.1) is 23.8 Å². The van der Waals surface area contributed by atoms with Crippen LogP contribution in [0, 0.1) is 11.3 Å². The third-order valence-electron chi connectivity index (χ3n) is 4.54. The molecule has 162 valence electrons. The van der Waals surface area contributed by atoms with Crippen LogP contribution in [0.3, 0.4) is 0 Å². The van der Waals surface area contributed by atoms with Gasteiger partial charge in [-0.25, -0.2) is 4.79 Å². The molecular formula is C25H19Cl2NO4. The van der Waals surface area contributed by atoms with Crippen LogP contribution in [-0.2, 0) is 6.61 Å². The number of ether oxygens (including phenoxy) is 2. The lowest BCUT2D eigenvalue weighted by Crippen LogP contribution is -2.00. The molecule has 0 fully saturated rings. The van der Waals surface area contributed by atoms with Gasteiger partial charge < -0.3 is 14.6 Å². The van der Waals surface area contributed by atoms with E-state index in [1.807, 2.05) is 13.0 Å². The zero-order valence-corrected chi connectivity index (χ0v) is 18.7. The average Bonchev–Trinajstić information content (AvgIpc) is 2.78. The summed E-state index contributed by atoms with van der Waals surface area (Å²) in [6.07, 6.45) is 1.71. The van der Waals surface area contributed by atoms with Crippen molar-refractivity contribution in [2.75, 3.05) is 6.61 Å². The molecule has 0 saturated carbocycles. The van der Waals surface area contributed by atoms with E-state index in [9.17, 15) is 10.1 Å². The molecule has 0 aliphatic rings. The first-order valence-electron chi connectivity index (χ1n) is 9.70. The molecule has 3 aromatic rings. The lowest BCUT2D eigenvalue weighted by Gasteiger charge is -2.13. The minimum Gasteiger partial charge on any atom is -0.490 e. The molecule has 0 aromatic heterocycles. The Bertz CT molecular complexity index is 1200. The van der Waals surface area contributed by atoms with E-state index in [0.717, 1.165) is 11.1 Å². The summed E-state index contributed by atoms with van der Waals surface area (Å²) >= 11 is 12.2. The molecule has 0 amide bonds. The molecule has 0 radical (unpaired) electrons. The summed E-state index contributed by atoms with van der Waals surface area (Å²) in [7, 11) is 0. The van der Waals surface area contributed by atoms with Gasteiger partial charge in [0.2, 0.25) is 0 Å². The molecule has 3 aromatic carbocycles. The zero-order valence-electron chi connectivity index (χ0n) is 17.1. The number of carbonyl (C=O) groups is 1. The Hall–Kier alpha value is -3.46. The number of halogens is 2. The second-order valence-corrected chi connectivity index (χ2v) is 7.56. The number of rotatable bonds is 8. The number of nitriles is 1. The van der Waals surface area contributed by atoms with Gasteiger partial charge in [-0.2, -0.15) is 5.26 Å². The Labute approximate surface area is 196 Å². The third kappa shape index (κ3) is 5.82. The molecule has 5 nitrogen and oxygen atoms in total. The van der Waals surface area contributed by atoms with E-state index in [-0.39, 0.29) is 12.2 Å². The molecule has 0 atom stereocenters. The van der Waals surface area contributed by atoms with Crippen LogP contribution >= 0.6 is 23.2 Å². The van der Waals surface area contributed by atoms with Crippen molar-refractivity contribution in [3.8, 4) is 17.6 Å².